The van der Waals surface area contributed by atoms with Gasteiger partial charge in [0.1, 0.15) is 22.9 Å². The molecule has 1 saturated carbocycles. The highest BCUT2D eigenvalue weighted by molar-refractivity contribution is 5.97. The third-order valence-corrected chi connectivity index (χ3v) is 6.82. The van der Waals surface area contributed by atoms with E-state index >= 15 is 4.39 Å². The molecule has 3 aromatic rings. The Morgan fingerprint density at radius 2 is 1.71 bits per heavy atom. The van der Waals surface area contributed by atoms with Gasteiger partial charge in [0.25, 0.3) is 11.8 Å². The Hall–Kier alpha value is -3.58. The summed E-state index contributed by atoms with van der Waals surface area (Å²) in [4.78, 5) is 31.6. The number of fused-ring (bicyclic) bond motifs is 1. The second-order valence-corrected chi connectivity index (χ2v) is 9.76. The van der Waals surface area contributed by atoms with Crippen LogP contribution < -0.4 is 15.6 Å². The molecule has 3 atom stereocenters. The van der Waals surface area contributed by atoms with Crippen molar-refractivity contribution in [3.63, 3.8) is 0 Å². The highest BCUT2D eigenvalue weighted by Gasteiger charge is 2.46. The molecule has 1 aromatic carbocycles. The minimum Gasteiger partial charge on any atom is -0.389 e. The van der Waals surface area contributed by atoms with E-state index in [0.29, 0.717) is 19.8 Å². The second kappa shape index (κ2) is 9.31. The maximum absolute atomic E-state index is 15.1. The number of aliphatic hydroxyl groups excluding tert-OH is 2. The van der Waals surface area contributed by atoms with E-state index in [1.807, 2.05) is 0 Å². The predicted octanol–water partition coefficient (Wildman–Crippen LogP) is 2.51. The number of para-hydroxylation sites is 1. The number of nitrogens with zero attached hydrogens (tertiary/aromatic N) is 3. The number of hydrogen-bond donors (Lipinski definition) is 3. The van der Waals surface area contributed by atoms with Crippen LogP contribution in [-0.2, 0) is 0 Å². The summed E-state index contributed by atoms with van der Waals surface area (Å²) < 4.78 is 73.9. The minimum atomic E-state index is -3.31. The first-order valence-corrected chi connectivity index (χ1v) is 11.9. The fraction of sp³-hybridized carbons (Fsp3) is 0.400. The van der Waals surface area contributed by atoms with Gasteiger partial charge in [0.05, 0.1) is 23.6 Å². The number of β-amino-alcohol motifs (C(OH)–C–C–N with tert-alkyl or cyclic N) is 2. The van der Waals surface area contributed by atoms with Crippen molar-refractivity contribution >= 4 is 22.8 Å². The van der Waals surface area contributed by atoms with Crippen molar-refractivity contribution in [1.29, 1.82) is 0 Å². The summed E-state index contributed by atoms with van der Waals surface area (Å²) in [6, 6.07) is 2.06. The van der Waals surface area contributed by atoms with Gasteiger partial charge in [-0.05, 0) is 37.0 Å². The van der Waals surface area contributed by atoms with Crippen molar-refractivity contribution in [2.45, 2.75) is 43.9 Å². The first-order valence-electron chi connectivity index (χ1n) is 11.9. The van der Waals surface area contributed by atoms with Crippen molar-refractivity contribution in [2.24, 2.45) is 5.92 Å². The molecular weight excluding hydrogens is 515 g/mol. The summed E-state index contributed by atoms with van der Waals surface area (Å²) in [5.74, 6) is -8.69. The average molecular weight is 538 g/mol. The molecule has 0 unspecified atom stereocenters. The second-order valence-electron chi connectivity index (χ2n) is 9.76. The number of aliphatic hydroxyl groups is 2. The topological polar surface area (TPSA) is 108 Å². The molecule has 0 radical (unpaired) electrons. The molecule has 8 nitrogen and oxygen atoms in total. The molecule has 13 heteroatoms. The lowest BCUT2D eigenvalue weighted by Gasteiger charge is -2.25. The normalized spacial score (nSPS) is 20.7. The van der Waals surface area contributed by atoms with Crippen LogP contribution in [0.5, 0.6) is 0 Å². The van der Waals surface area contributed by atoms with Crippen LogP contribution in [-0.4, -0.2) is 62.9 Å². The number of halogens is 5. The first kappa shape index (κ1) is 26.0. The lowest BCUT2D eigenvalue weighted by Crippen LogP contribution is -2.48. The molecule has 2 aromatic heterocycles. The van der Waals surface area contributed by atoms with E-state index in [2.05, 4.69) is 10.3 Å². The van der Waals surface area contributed by atoms with Crippen molar-refractivity contribution in [3.8, 4) is 5.69 Å². The quantitative estimate of drug-likeness (QED) is 0.417. The van der Waals surface area contributed by atoms with Crippen LogP contribution in [0.1, 0.15) is 30.1 Å². The van der Waals surface area contributed by atoms with Crippen molar-refractivity contribution in [3.05, 3.63) is 63.7 Å². The Kier molecular flexibility index (Phi) is 6.38. The first-order chi connectivity index (χ1) is 17.9. The highest BCUT2D eigenvalue weighted by atomic mass is 19.3. The van der Waals surface area contributed by atoms with E-state index in [0.717, 1.165) is 35.0 Å². The Morgan fingerprint density at radius 1 is 1.11 bits per heavy atom. The van der Waals surface area contributed by atoms with Gasteiger partial charge < -0.3 is 20.4 Å². The third kappa shape index (κ3) is 4.60. The molecule has 3 N–H and O–H groups in total. The maximum atomic E-state index is 15.1. The Bertz CT molecular complexity index is 1460. The van der Waals surface area contributed by atoms with Crippen LogP contribution in [0.4, 0.5) is 27.8 Å². The molecule has 2 fully saturated rings. The minimum absolute atomic E-state index is 0.205. The van der Waals surface area contributed by atoms with Gasteiger partial charge in [-0.15, -0.1) is 0 Å². The van der Waals surface area contributed by atoms with E-state index in [-0.39, 0.29) is 13.1 Å². The number of anilines is 1. The SMILES string of the molecule is CC(F)(F)[C@@H](NC(=O)c1cn(-c2c(F)cccc2F)c2nc(N3C[C@@H](O)[C@H](O)C3)c(F)cc2c1=O)C1CC1. The van der Waals surface area contributed by atoms with Crippen molar-refractivity contribution in [2.75, 3.05) is 18.0 Å². The molecule has 5 rings (SSSR count). The third-order valence-electron chi connectivity index (χ3n) is 6.82. The molecule has 1 aliphatic heterocycles. The van der Waals surface area contributed by atoms with Crippen LogP contribution in [0, 0.1) is 23.4 Å². The van der Waals surface area contributed by atoms with E-state index in [1.54, 1.807) is 0 Å². The van der Waals surface area contributed by atoms with Crippen molar-refractivity contribution in [1.82, 2.24) is 14.9 Å². The Balaban J connectivity index is 1.71. The lowest BCUT2D eigenvalue weighted by molar-refractivity contribution is -0.0239. The standard InChI is InChI=1S/C25H23F5N4O4/c1-25(29,30)21(11-5-6-11)31-24(38)13-8-34(19-14(26)3-2-4-15(19)27)22-12(20(13)37)7-16(28)23(32-22)33-9-17(35)18(36)10-33/h2-4,7-8,11,17-18,21,35-36H,5-6,9-10H2,1H3,(H,31,38)/t17-,18-,21+/m1/s1. The van der Waals surface area contributed by atoms with Gasteiger partial charge in [0, 0.05) is 26.2 Å². The number of rotatable bonds is 6. The van der Waals surface area contributed by atoms with E-state index in [4.69, 9.17) is 0 Å². The number of carbonyl (C=O) groups is 1. The van der Waals surface area contributed by atoms with Crippen LogP contribution in [0.3, 0.4) is 0 Å². The number of hydrogen-bond acceptors (Lipinski definition) is 6. The van der Waals surface area contributed by atoms with E-state index in [9.17, 15) is 37.4 Å². The number of carbonyl (C=O) groups excluding carboxylic acids is 1. The smallest absolute Gasteiger partial charge is 0.265 e. The van der Waals surface area contributed by atoms with Gasteiger partial charge in [-0.25, -0.2) is 26.9 Å². The molecule has 38 heavy (non-hydrogen) atoms. The lowest BCUT2D eigenvalue weighted by atomic mass is 10.1. The van der Waals surface area contributed by atoms with E-state index < -0.39 is 87.0 Å². The molecule has 202 valence electrons. The number of amides is 1. The Morgan fingerprint density at radius 3 is 2.26 bits per heavy atom. The molecule has 1 saturated heterocycles. The summed E-state index contributed by atoms with van der Waals surface area (Å²) in [7, 11) is 0. The molecule has 2 aliphatic rings. The van der Waals surface area contributed by atoms with Gasteiger partial charge in [0.15, 0.2) is 17.3 Å². The maximum Gasteiger partial charge on any atom is 0.265 e. The number of benzene rings is 1. The molecule has 0 bridgehead atoms. The van der Waals surface area contributed by atoms with Gasteiger partial charge >= 0.3 is 0 Å². The summed E-state index contributed by atoms with van der Waals surface area (Å²) in [6.07, 6.45) is -0.731. The fourth-order valence-corrected chi connectivity index (χ4v) is 4.74. The van der Waals surface area contributed by atoms with Crippen LogP contribution >= 0.6 is 0 Å². The largest absolute Gasteiger partial charge is 0.389 e. The number of nitrogens with one attached hydrogen (secondary N) is 1. The van der Waals surface area contributed by atoms with Gasteiger partial charge in [-0.1, -0.05) is 6.07 Å². The predicted molar refractivity (Wildman–Crippen MR) is 126 cm³/mol. The van der Waals surface area contributed by atoms with Crippen LogP contribution in [0.2, 0.25) is 0 Å². The summed E-state index contributed by atoms with van der Waals surface area (Å²) in [6.45, 7) is 0.225. The summed E-state index contributed by atoms with van der Waals surface area (Å²) >= 11 is 0. The average Bonchev–Trinajstić information content (AvgIpc) is 3.61. The highest BCUT2D eigenvalue weighted by Crippen LogP contribution is 2.39. The number of alkyl halides is 2. The van der Waals surface area contributed by atoms with Crippen molar-refractivity contribution < 1.29 is 37.0 Å². The fourth-order valence-electron chi connectivity index (χ4n) is 4.74. The molecular formula is C25H23F5N4O4. The number of aromatic nitrogens is 2. The van der Waals surface area contributed by atoms with Gasteiger partial charge in [0.2, 0.25) is 5.43 Å². The number of pyridine rings is 2. The van der Waals surface area contributed by atoms with Crippen LogP contribution in [0.25, 0.3) is 16.7 Å². The Labute approximate surface area is 212 Å². The molecule has 0 spiro atoms. The van der Waals surface area contributed by atoms with Gasteiger partial charge in [-0.3, -0.25) is 14.2 Å². The van der Waals surface area contributed by atoms with Crippen LogP contribution in [0.15, 0.2) is 35.3 Å². The monoisotopic (exact) mass is 538 g/mol. The molecule has 1 amide bonds. The molecule has 3 heterocycles. The zero-order valence-corrected chi connectivity index (χ0v) is 20.0. The summed E-state index contributed by atoms with van der Waals surface area (Å²) in [5.41, 5.74) is -2.99. The zero-order chi connectivity index (χ0) is 27.5. The molecule has 1 aliphatic carbocycles. The summed E-state index contributed by atoms with van der Waals surface area (Å²) in [5, 5.41) is 21.3. The van der Waals surface area contributed by atoms with Gasteiger partial charge in [-0.2, -0.15) is 0 Å². The van der Waals surface area contributed by atoms with E-state index in [1.165, 1.54) is 4.90 Å². The zero-order valence-electron chi connectivity index (χ0n) is 20.0.